The van der Waals surface area contributed by atoms with Gasteiger partial charge in [0.05, 0.1) is 38.8 Å². The lowest BCUT2D eigenvalue weighted by Gasteiger charge is -2.35. The predicted molar refractivity (Wildman–Crippen MR) is 212 cm³/mol. The maximum atomic E-state index is 13.5. The van der Waals surface area contributed by atoms with Crippen molar-refractivity contribution in [3.63, 3.8) is 0 Å². The zero-order chi connectivity index (χ0) is 45.7. The summed E-state index contributed by atoms with van der Waals surface area (Å²) in [5.74, 6) is -14.4. The van der Waals surface area contributed by atoms with Crippen LogP contribution in [0, 0.1) is 0 Å². The van der Waals surface area contributed by atoms with Gasteiger partial charge in [-0.1, -0.05) is 48.5 Å². The summed E-state index contributed by atoms with van der Waals surface area (Å²) in [5.41, 5.74) is -8.90. The molecule has 0 radical (unpaired) electrons. The SMILES string of the molecule is O=C(O)c1ccc(Oc2ccc(C3(c4ccc(Oc5ccc(C(=O)O)cc5C(=O)O)cc4)c4ccccc4-c4c(C(=O)O)c(C(=O)O)c(C(=O)O)c(C(=O)O)c43)cc2)c(C(=O)O)c1. The van der Waals surface area contributed by atoms with E-state index < -0.39 is 97.7 Å². The molecule has 0 unspecified atom stereocenters. The van der Waals surface area contributed by atoms with Crippen LogP contribution in [0.4, 0.5) is 0 Å². The highest BCUT2D eigenvalue weighted by Crippen LogP contribution is 2.59. The van der Waals surface area contributed by atoms with Gasteiger partial charge in [0.2, 0.25) is 0 Å². The highest BCUT2D eigenvalue weighted by Gasteiger charge is 2.53. The Morgan fingerprint density at radius 1 is 0.397 bits per heavy atom. The Hall–Kier alpha value is -9.32. The summed E-state index contributed by atoms with van der Waals surface area (Å²) >= 11 is 0. The van der Waals surface area contributed by atoms with Crippen LogP contribution < -0.4 is 9.47 Å². The van der Waals surface area contributed by atoms with E-state index in [0.29, 0.717) is 0 Å². The molecule has 18 heteroatoms. The summed E-state index contributed by atoms with van der Waals surface area (Å²) in [6.45, 7) is 0. The summed E-state index contributed by atoms with van der Waals surface area (Å²) in [6.07, 6.45) is 0. The van der Waals surface area contributed by atoms with E-state index in [1.165, 1.54) is 72.8 Å². The van der Waals surface area contributed by atoms with E-state index in [2.05, 4.69) is 0 Å². The van der Waals surface area contributed by atoms with E-state index in [9.17, 15) is 79.2 Å². The Morgan fingerprint density at radius 2 is 0.794 bits per heavy atom. The number of carbonyl (C=O) groups is 8. The van der Waals surface area contributed by atoms with Gasteiger partial charge >= 0.3 is 47.8 Å². The summed E-state index contributed by atoms with van der Waals surface area (Å²) < 4.78 is 11.7. The van der Waals surface area contributed by atoms with Crippen molar-refractivity contribution in [2.45, 2.75) is 5.41 Å². The number of hydrogen-bond donors (Lipinski definition) is 8. The van der Waals surface area contributed by atoms with E-state index in [1.54, 1.807) is 0 Å². The number of benzene rings is 6. The molecule has 0 heterocycles. The molecule has 63 heavy (non-hydrogen) atoms. The maximum absolute atomic E-state index is 13.5. The fourth-order valence-corrected chi connectivity index (χ4v) is 7.82. The second-order valence-electron chi connectivity index (χ2n) is 13.7. The molecule has 0 spiro atoms. The molecule has 0 aromatic heterocycles. The average molecular weight is 855 g/mol. The smallest absolute Gasteiger partial charge is 0.339 e. The summed E-state index contributed by atoms with van der Waals surface area (Å²) in [7, 11) is 0. The molecule has 6 aromatic carbocycles. The van der Waals surface area contributed by atoms with Crippen LogP contribution in [0.15, 0.2) is 109 Å². The van der Waals surface area contributed by atoms with Crippen LogP contribution in [-0.2, 0) is 5.41 Å². The quantitative estimate of drug-likeness (QED) is 0.0535. The first-order valence-electron chi connectivity index (χ1n) is 17.9. The van der Waals surface area contributed by atoms with Crippen LogP contribution in [0.5, 0.6) is 23.0 Å². The third kappa shape index (κ3) is 6.94. The van der Waals surface area contributed by atoms with Gasteiger partial charge < -0.3 is 50.3 Å². The second kappa shape index (κ2) is 15.7. The highest BCUT2D eigenvalue weighted by atomic mass is 16.5. The topological polar surface area (TPSA) is 317 Å². The summed E-state index contributed by atoms with van der Waals surface area (Å²) in [4.78, 5) is 99.5. The number of carboxylic acid groups (broad SMARTS) is 8. The lowest BCUT2D eigenvalue weighted by atomic mass is 9.65. The van der Waals surface area contributed by atoms with Crippen molar-refractivity contribution in [2.24, 2.45) is 0 Å². The molecular formula is C45H26O18. The lowest BCUT2D eigenvalue weighted by Crippen LogP contribution is -2.33. The molecule has 6 aromatic rings. The van der Waals surface area contributed by atoms with Crippen LogP contribution in [0.1, 0.15) is 105 Å². The lowest BCUT2D eigenvalue weighted by molar-refractivity contribution is 0.0619. The Labute approximate surface area is 351 Å². The average Bonchev–Trinajstić information content (AvgIpc) is 3.54. The minimum Gasteiger partial charge on any atom is -0.478 e. The van der Waals surface area contributed by atoms with Gasteiger partial charge in [0.15, 0.2) is 0 Å². The molecule has 1 aliphatic rings. The van der Waals surface area contributed by atoms with Gasteiger partial charge in [-0.25, -0.2) is 38.4 Å². The number of hydrogen-bond acceptors (Lipinski definition) is 10. The molecule has 7 rings (SSSR count). The third-order valence-corrected chi connectivity index (χ3v) is 10.3. The van der Waals surface area contributed by atoms with Crippen molar-refractivity contribution in [2.75, 3.05) is 0 Å². The molecule has 0 aliphatic heterocycles. The molecule has 314 valence electrons. The molecule has 1 aliphatic carbocycles. The summed E-state index contributed by atoms with van der Waals surface area (Å²) in [5, 5.41) is 80.7. The Kier molecular flexibility index (Phi) is 10.4. The van der Waals surface area contributed by atoms with Gasteiger partial charge in [-0.05, 0) is 88.5 Å². The molecule has 0 bridgehead atoms. The zero-order valence-electron chi connectivity index (χ0n) is 31.6. The molecule has 0 amide bonds. The maximum Gasteiger partial charge on any atom is 0.339 e. The monoisotopic (exact) mass is 854 g/mol. The molecule has 0 saturated heterocycles. The number of carboxylic acids is 8. The standard InChI is InChI=1S/C45H26O18/c46-37(47)19-5-15-29(26(17-19)39(50)51)62-23-11-7-21(8-12-23)45(22-9-13-24(14-10-22)63-30-16-6-20(38(48)49)18-27(30)40(52)53)28-4-2-1-3-25(28)31-32(41(54)55)33(42(56)57)34(43(58)59)35(36(31)45)44(60)61/h1-18H,(H,46,47)(H,48,49)(H,50,51)(H,52,53)(H,54,55)(H,56,57)(H,58,59)(H,60,61). The minimum atomic E-state index is -2.07. The van der Waals surface area contributed by atoms with Gasteiger partial charge in [-0.2, -0.15) is 0 Å². The van der Waals surface area contributed by atoms with Crippen LogP contribution in [0.25, 0.3) is 11.1 Å². The number of rotatable bonds is 14. The van der Waals surface area contributed by atoms with Crippen LogP contribution in [0.2, 0.25) is 0 Å². The highest BCUT2D eigenvalue weighted by molar-refractivity contribution is 6.19. The fourth-order valence-electron chi connectivity index (χ4n) is 7.82. The number of ether oxygens (including phenoxy) is 2. The van der Waals surface area contributed by atoms with Gasteiger partial charge in [0.1, 0.15) is 34.1 Å². The Morgan fingerprint density at radius 3 is 1.17 bits per heavy atom. The first-order chi connectivity index (χ1) is 29.9. The summed E-state index contributed by atoms with van der Waals surface area (Å²) in [6, 6.07) is 23.0. The number of fused-ring (bicyclic) bond motifs is 3. The van der Waals surface area contributed by atoms with E-state index >= 15 is 0 Å². The Bertz CT molecular complexity index is 2900. The van der Waals surface area contributed by atoms with Gasteiger partial charge in [-0.3, -0.25) is 0 Å². The van der Waals surface area contributed by atoms with E-state index in [-0.39, 0.29) is 56.4 Å². The fraction of sp³-hybridized carbons (Fsp3) is 0.0222. The molecule has 0 atom stereocenters. The zero-order valence-corrected chi connectivity index (χ0v) is 31.6. The van der Waals surface area contributed by atoms with Crippen molar-refractivity contribution >= 4 is 47.8 Å². The van der Waals surface area contributed by atoms with Gasteiger partial charge in [0.25, 0.3) is 0 Å². The number of aromatic carboxylic acids is 8. The van der Waals surface area contributed by atoms with Crippen LogP contribution in [-0.4, -0.2) is 88.6 Å². The van der Waals surface area contributed by atoms with Crippen molar-refractivity contribution in [1.82, 2.24) is 0 Å². The first kappa shape index (κ1) is 41.8. The molecule has 8 N–H and O–H groups in total. The minimum absolute atomic E-state index is 0.0155. The van der Waals surface area contributed by atoms with Crippen molar-refractivity contribution in [3.05, 3.63) is 176 Å². The van der Waals surface area contributed by atoms with Crippen molar-refractivity contribution < 1.29 is 88.7 Å². The van der Waals surface area contributed by atoms with Crippen LogP contribution in [0.3, 0.4) is 0 Å². The first-order valence-corrected chi connectivity index (χ1v) is 17.9. The van der Waals surface area contributed by atoms with Crippen molar-refractivity contribution in [3.8, 4) is 34.1 Å². The van der Waals surface area contributed by atoms with Gasteiger partial charge in [0, 0.05) is 5.56 Å². The molecule has 0 saturated carbocycles. The third-order valence-electron chi connectivity index (χ3n) is 10.3. The molecule has 0 fully saturated rings. The van der Waals surface area contributed by atoms with Crippen molar-refractivity contribution in [1.29, 1.82) is 0 Å². The van der Waals surface area contributed by atoms with Crippen LogP contribution >= 0.6 is 0 Å². The predicted octanol–water partition coefficient (Wildman–Crippen LogP) is 7.22. The molecule has 18 nitrogen and oxygen atoms in total. The van der Waals surface area contributed by atoms with Gasteiger partial charge in [-0.15, -0.1) is 0 Å². The van der Waals surface area contributed by atoms with E-state index in [4.69, 9.17) is 9.47 Å². The van der Waals surface area contributed by atoms with E-state index in [0.717, 1.165) is 36.4 Å². The second-order valence-corrected chi connectivity index (χ2v) is 13.7. The molecular weight excluding hydrogens is 828 g/mol. The Balaban J connectivity index is 1.52. The van der Waals surface area contributed by atoms with E-state index in [1.807, 2.05) is 0 Å². The largest absolute Gasteiger partial charge is 0.478 e. The normalized spacial score (nSPS) is 12.0.